The second-order valence-corrected chi connectivity index (χ2v) is 11.5. The average Bonchev–Trinajstić information content (AvgIpc) is 2.96. The molecule has 2 aliphatic rings. The Hall–Kier alpha value is -2.39. The van der Waals surface area contributed by atoms with Crippen LogP contribution in [0.15, 0.2) is 84.9 Å². The predicted molar refractivity (Wildman–Crippen MR) is 148 cm³/mol. The van der Waals surface area contributed by atoms with Crippen molar-refractivity contribution >= 4 is 11.8 Å². The molecular formula is C31H36O6S. The summed E-state index contributed by atoms with van der Waals surface area (Å²) in [6.07, 6.45) is -1.78. The molecule has 38 heavy (non-hydrogen) atoms. The van der Waals surface area contributed by atoms with Crippen LogP contribution in [0.5, 0.6) is 5.75 Å². The Kier molecular flexibility index (Phi) is 9.38. The van der Waals surface area contributed by atoms with E-state index in [2.05, 4.69) is 26.0 Å². The molecule has 3 aromatic carbocycles. The van der Waals surface area contributed by atoms with Gasteiger partial charge in [0.15, 0.2) is 6.29 Å². The van der Waals surface area contributed by atoms with Crippen LogP contribution >= 0.6 is 11.8 Å². The molecule has 2 heterocycles. The minimum atomic E-state index is -0.486. The molecule has 3 aromatic rings. The molecule has 0 N–H and O–H groups in total. The van der Waals surface area contributed by atoms with E-state index in [1.165, 1.54) is 0 Å². The minimum absolute atomic E-state index is 0.226. The van der Waals surface area contributed by atoms with E-state index in [0.29, 0.717) is 25.1 Å². The van der Waals surface area contributed by atoms with E-state index < -0.39 is 6.29 Å². The number of benzene rings is 3. The Morgan fingerprint density at radius 3 is 2.08 bits per heavy atom. The van der Waals surface area contributed by atoms with Crippen molar-refractivity contribution in [2.45, 2.75) is 68.5 Å². The highest BCUT2D eigenvalue weighted by molar-refractivity contribution is 8.00. The summed E-state index contributed by atoms with van der Waals surface area (Å²) in [7, 11) is 1.67. The Morgan fingerprint density at radius 1 is 0.789 bits per heavy atom. The number of thioether (sulfide) groups is 1. The van der Waals surface area contributed by atoms with Crippen molar-refractivity contribution in [3.63, 3.8) is 0 Å². The average molecular weight is 537 g/mol. The zero-order valence-corrected chi connectivity index (χ0v) is 22.9. The first kappa shape index (κ1) is 27.2. The Labute approximate surface area is 229 Å². The molecule has 1 unspecified atom stereocenters. The van der Waals surface area contributed by atoms with Gasteiger partial charge in [-0.05, 0) is 23.3 Å². The third-order valence-electron chi connectivity index (χ3n) is 6.65. The molecular weight excluding hydrogens is 500 g/mol. The third kappa shape index (κ3) is 6.78. The van der Waals surface area contributed by atoms with Gasteiger partial charge in [-0.25, -0.2) is 0 Å². The van der Waals surface area contributed by atoms with E-state index in [-0.39, 0.29) is 29.9 Å². The van der Waals surface area contributed by atoms with Crippen molar-refractivity contribution in [1.29, 1.82) is 0 Å². The van der Waals surface area contributed by atoms with E-state index in [1.54, 1.807) is 18.9 Å². The van der Waals surface area contributed by atoms with Crippen molar-refractivity contribution in [2.75, 3.05) is 13.7 Å². The van der Waals surface area contributed by atoms with Crippen molar-refractivity contribution in [2.24, 2.45) is 0 Å². The number of fused-ring (bicyclic) bond motifs is 1. The second kappa shape index (κ2) is 13.1. The predicted octanol–water partition coefficient (Wildman–Crippen LogP) is 6.15. The van der Waals surface area contributed by atoms with Gasteiger partial charge in [-0.3, -0.25) is 0 Å². The Morgan fingerprint density at radius 2 is 1.42 bits per heavy atom. The van der Waals surface area contributed by atoms with Gasteiger partial charge in [0.25, 0.3) is 0 Å². The molecule has 0 amide bonds. The minimum Gasteiger partial charge on any atom is -0.497 e. The van der Waals surface area contributed by atoms with E-state index >= 15 is 0 Å². The molecule has 0 saturated carbocycles. The van der Waals surface area contributed by atoms with Crippen LogP contribution in [0.2, 0.25) is 0 Å². The molecule has 5 rings (SSSR count). The first-order valence-corrected chi connectivity index (χ1v) is 14.1. The summed E-state index contributed by atoms with van der Waals surface area (Å²) in [5.41, 5.74) is 2.90. The molecule has 7 heteroatoms. The zero-order chi connectivity index (χ0) is 26.3. The molecule has 2 aliphatic heterocycles. The SMILES string of the molecule is COc1ccc(CO[C@@H]2[C@@H](OCc3ccccc3)[C@H]3OC(c4ccccc4)OC[C@H]3O[C@H]2SC(C)C)cc1. The molecule has 202 valence electrons. The van der Waals surface area contributed by atoms with Gasteiger partial charge in [-0.2, -0.15) is 0 Å². The van der Waals surface area contributed by atoms with Crippen LogP contribution in [0.25, 0.3) is 0 Å². The summed E-state index contributed by atoms with van der Waals surface area (Å²) in [5, 5.41) is 0.348. The summed E-state index contributed by atoms with van der Waals surface area (Å²) >= 11 is 1.74. The van der Waals surface area contributed by atoms with Crippen molar-refractivity contribution in [3.05, 3.63) is 102 Å². The number of rotatable bonds is 10. The van der Waals surface area contributed by atoms with Gasteiger partial charge in [0.1, 0.15) is 35.6 Å². The van der Waals surface area contributed by atoms with Gasteiger partial charge in [0.05, 0.1) is 26.9 Å². The van der Waals surface area contributed by atoms with Gasteiger partial charge in [-0.15, -0.1) is 11.8 Å². The molecule has 2 saturated heterocycles. The van der Waals surface area contributed by atoms with Gasteiger partial charge in [0, 0.05) is 10.8 Å². The molecule has 2 fully saturated rings. The molecule has 0 spiro atoms. The first-order chi connectivity index (χ1) is 18.6. The maximum Gasteiger partial charge on any atom is 0.184 e. The van der Waals surface area contributed by atoms with Gasteiger partial charge < -0.3 is 28.4 Å². The maximum atomic E-state index is 6.65. The summed E-state index contributed by atoms with van der Waals surface area (Å²) in [5.74, 6) is 0.817. The van der Waals surface area contributed by atoms with Gasteiger partial charge >= 0.3 is 0 Å². The largest absolute Gasteiger partial charge is 0.497 e. The quantitative estimate of drug-likeness (QED) is 0.308. The number of hydrogen-bond acceptors (Lipinski definition) is 7. The lowest BCUT2D eigenvalue weighted by atomic mass is 9.98. The van der Waals surface area contributed by atoms with E-state index in [4.69, 9.17) is 28.4 Å². The topological polar surface area (TPSA) is 55.4 Å². The molecule has 6 atom stereocenters. The van der Waals surface area contributed by atoms with E-state index in [9.17, 15) is 0 Å². The van der Waals surface area contributed by atoms with Crippen LogP contribution in [0, 0.1) is 0 Å². The molecule has 0 aromatic heterocycles. The van der Waals surface area contributed by atoms with Gasteiger partial charge in [-0.1, -0.05) is 86.6 Å². The van der Waals surface area contributed by atoms with Crippen LogP contribution < -0.4 is 4.74 Å². The summed E-state index contributed by atoms with van der Waals surface area (Å²) in [6.45, 7) is 5.64. The fraction of sp³-hybridized carbons (Fsp3) is 0.419. The lowest BCUT2D eigenvalue weighted by Crippen LogP contribution is -2.62. The highest BCUT2D eigenvalue weighted by Gasteiger charge is 2.51. The standard InChI is InChI=1S/C31H36O6S/c1-21(2)38-31-29(34-19-23-14-16-25(32-3)17-15-23)28(33-18-22-10-6-4-7-11-22)27-26(36-31)20-35-30(37-27)24-12-8-5-9-13-24/h4-17,21,26-31H,18-20H2,1-3H3/t26-,27+,28+,29-,30?,31+/m1/s1. The van der Waals surface area contributed by atoms with Gasteiger partial charge in [0.2, 0.25) is 0 Å². The second-order valence-electron chi connectivity index (χ2n) is 9.79. The molecule has 0 bridgehead atoms. The highest BCUT2D eigenvalue weighted by Crippen LogP contribution is 2.40. The fourth-order valence-electron chi connectivity index (χ4n) is 4.75. The van der Waals surface area contributed by atoms with Crippen LogP contribution in [-0.4, -0.2) is 48.8 Å². The lowest BCUT2D eigenvalue weighted by Gasteiger charge is -2.49. The molecule has 0 aliphatic carbocycles. The zero-order valence-electron chi connectivity index (χ0n) is 22.1. The fourth-order valence-corrected chi connectivity index (χ4v) is 5.88. The maximum absolute atomic E-state index is 6.65. The molecule has 6 nitrogen and oxygen atoms in total. The third-order valence-corrected chi connectivity index (χ3v) is 7.84. The van der Waals surface area contributed by atoms with Crippen molar-refractivity contribution < 1.29 is 28.4 Å². The monoisotopic (exact) mass is 536 g/mol. The van der Waals surface area contributed by atoms with E-state index in [0.717, 1.165) is 22.4 Å². The number of ether oxygens (including phenoxy) is 6. The smallest absolute Gasteiger partial charge is 0.184 e. The first-order valence-electron chi connectivity index (χ1n) is 13.1. The lowest BCUT2D eigenvalue weighted by molar-refractivity contribution is -0.329. The van der Waals surface area contributed by atoms with Crippen LogP contribution in [0.4, 0.5) is 0 Å². The Balaban J connectivity index is 1.40. The Bertz CT molecular complexity index is 1110. The van der Waals surface area contributed by atoms with Crippen molar-refractivity contribution in [1.82, 2.24) is 0 Å². The number of methoxy groups -OCH3 is 1. The number of hydrogen-bond donors (Lipinski definition) is 0. The highest BCUT2D eigenvalue weighted by atomic mass is 32.2. The van der Waals surface area contributed by atoms with Crippen LogP contribution in [0.3, 0.4) is 0 Å². The van der Waals surface area contributed by atoms with E-state index in [1.807, 2.05) is 72.8 Å². The summed E-state index contributed by atoms with van der Waals surface area (Å²) < 4.78 is 37.9. The van der Waals surface area contributed by atoms with Crippen LogP contribution in [0.1, 0.15) is 36.8 Å². The van der Waals surface area contributed by atoms with Crippen molar-refractivity contribution in [3.8, 4) is 5.75 Å². The normalized spacial score (nSPS) is 27.2. The summed E-state index contributed by atoms with van der Waals surface area (Å²) in [6, 6.07) is 28.1. The van der Waals surface area contributed by atoms with Crippen LogP contribution in [-0.2, 0) is 36.9 Å². The summed E-state index contributed by atoms with van der Waals surface area (Å²) in [4.78, 5) is 0. The molecule has 0 radical (unpaired) electrons.